The summed E-state index contributed by atoms with van der Waals surface area (Å²) in [4.78, 5) is 0. The van der Waals surface area contributed by atoms with E-state index in [1.807, 2.05) is 12.1 Å². The summed E-state index contributed by atoms with van der Waals surface area (Å²) in [5, 5.41) is 10.7. The van der Waals surface area contributed by atoms with Gasteiger partial charge in [0.1, 0.15) is 5.75 Å². The molecule has 2 nitrogen and oxygen atoms in total. The van der Waals surface area contributed by atoms with E-state index in [1.54, 1.807) is 0 Å². The van der Waals surface area contributed by atoms with Gasteiger partial charge in [0.15, 0.2) is 0 Å². The third kappa shape index (κ3) is 2.42. The highest BCUT2D eigenvalue weighted by atomic mass is 16.5. The molecular weight excluding hydrogens is 236 g/mol. The molecule has 0 saturated carbocycles. The number of rotatable bonds is 2. The maximum Gasteiger partial charge on any atom is 0.128 e. The summed E-state index contributed by atoms with van der Waals surface area (Å²) in [6.07, 6.45) is 4.95. The van der Waals surface area contributed by atoms with Gasteiger partial charge in [-0.1, -0.05) is 36.8 Å². The Morgan fingerprint density at radius 2 is 2.21 bits per heavy atom. The second kappa shape index (κ2) is 5.01. The topological polar surface area (TPSA) is 29.5 Å². The lowest BCUT2D eigenvalue weighted by Gasteiger charge is -2.30. The molecule has 0 aromatic heterocycles. The van der Waals surface area contributed by atoms with Crippen molar-refractivity contribution in [3.05, 3.63) is 41.0 Å². The van der Waals surface area contributed by atoms with Crippen molar-refractivity contribution in [1.29, 1.82) is 0 Å². The Balaban J connectivity index is 1.87. The second-order valence-electron chi connectivity index (χ2n) is 6.07. The molecule has 1 N–H and O–H groups in total. The van der Waals surface area contributed by atoms with Crippen LogP contribution in [0.2, 0.25) is 0 Å². The predicted molar refractivity (Wildman–Crippen MR) is 76.2 cm³/mol. The number of aliphatic hydroxyl groups excluding tert-OH is 1. The van der Waals surface area contributed by atoms with Gasteiger partial charge in [-0.3, -0.25) is 0 Å². The number of allylic oxidation sites excluding steroid dienone is 2. The number of fused-ring (bicyclic) bond motifs is 1. The van der Waals surface area contributed by atoms with Gasteiger partial charge in [-0.05, 0) is 37.2 Å². The van der Waals surface area contributed by atoms with Crippen LogP contribution in [0.1, 0.15) is 43.9 Å². The zero-order chi connectivity index (χ0) is 13.4. The molecule has 1 aliphatic carbocycles. The number of aliphatic hydroxyl groups is 1. The van der Waals surface area contributed by atoms with Crippen LogP contribution in [-0.4, -0.2) is 11.7 Å². The number of benzene rings is 1. The van der Waals surface area contributed by atoms with E-state index < -0.39 is 6.10 Å². The first-order valence-corrected chi connectivity index (χ1v) is 7.25. The van der Waals surface area contributed by atoms with Crippen LogP contribution in [0.4, 0.5) is 0 Å². The molecule has 2 aliphatic rings. The third-order valence-corrected chi connectivity index (χ3v) is 4.34. The van der Waals surface area contributed by atoms with E-state index in [2.05, 4.69) is 26.0 Å². The molecule has 1 aromatic carbocycles. The maximum atomic E-state index is 10.7. The molecule has 2 heteroatoms. The van der Waals surface area contributed by atoms with E-state index in [-0.39, 0.29) is 0 Å². The third-order valence-electron chi connectivity index (χ3n) is 4.34. The number of ether oxygens (including phenoxy) is 1. The van der Waals surface area contributed by atoms with Crippen molar-refractivity contribution in [1.82, 2.24) is 0 Å². The lowest BCUT2D eigenvalue weighted by atomic mass is 9.78. The van der Waals surface area contributed by atoms with Gasteiger partial charge >= 0.3 is 0 Å². The summed E-state index contributed by atoms with van der Waals surface area (Å²) < 4.78 is 5.72. The minimum atomic E-state index is -0.404. The molecule has 102 valence electrons. The van der Waals surface area contributed by atoms with Gasteiger partial charge in [-0.25, -0.2) is 0 Å². The molecular formula is C17H22O2. The minimum Gasteiger partial charge on any atom is -0.493 e. The van der Waals surface area contributed by atoms with Gasteiger partial charge in [-0.2, -0.15) is 0 Å². The highest BCUT2D eigenvalue weighted by Gasteiger charge is 2.29. The van der Waals surface area contributed by atoms with Crippen LogP contribution in [0.15, 0.2) is 29.8 Å². The van der Waals surface area contributed by atoms with Gasteiger partial charge in [0, 0.05) is 12.0 Å². The Kier molecular flexibility index (Phi) is 3.36. The summed E-state index contributed by atoms with van der Waals surface area (Å²) in [5.41, 5.74) is 3.63. The monoisotopic (exact) mass is 258 g/mol. The summed E-state index contributed by atoms with van der Waals surface area (Å²) in [5.74, 6) is 1.82. The van der Waals surface area contributed by atoms with E-state index in [0.29, 0.717) is 11.8 Å². The van der Waals surface area contributed by atoms with Gasteiger partial charge in [0.05, 0.1) is 12.7 Å². The van der Waals surface area contributed by atoms with Crippen molar-refractivity contribution in [2.75, 3.05) is 6.61 Å². The lowest BCUT2D eigenvalue weighted by molar-refractivity contribution is 0.0905. The molecule has 1 aromatic rings. The van der Waals surface area contributed by atoms with Crippen LogP contribution in [-0.2, 0) is 6.42 Å². The van der Waals surface area contributed by atoms with Crippen molar-refractivity contribution < 1.29 is 9.84 Å². The van der Waals surface area contributed by atoms with Gasteiger partial charge < -0.3 is 9.84 Å². The molecule has 0 amide bonds. The molecule has 0 radical (unpaired) electrons. The van der Waals surface area contributed by atoms with Crippen LogP contribution in [0.25, 0.3) is 0 Å². The zero-order valence-electron chi connectivity index (χ0n) is 11.7. The maximum absolute atomic E-state index is 10.7. The lowest BCUT2D eigenvalue weighted by Crippen LogP contribution is -2.19. The van der Waals surface area contributed by atoms with Gasteiger partial charge in [-0.15, -0.1) is 0 Å². The van der Waals surface area contributed by atoms with Crippen LogP contribution >= 0.6 is 0 Å². The van der Waals surface area contributed by atoms with Crippen molar-refractivity contribution in [3.63, 3.8) is 0 Å². The van der Waals surface area contributed by atoms with E-state index in [4.69, 9.17) is 4.74 Å². The number of hydrogen-bond acceptors (Lipinski definition) is 2. The molecule has 0 fully saturated rings. The van der Waals surface area contributed by atoms with E-state index in [9.17, 15) is 5.11 Å². The Bertz CT molecular complexity index is 504. The van der Waals surface area contributed by atoms with Crippen LogP contribution in [0, 0.1) is 11.8 Å². The molecule has 0 spiro atoms. The normalized spacial score (nSPS) is 27.4. The van der Waals surface area contributed by atoms with Crippen LogP contribution in [0.5, 0.6) is 5.75 Å². The molecule has 3 unspecified atom stereocenters. The molecule has 1 aliphatic heterocycles. The molecule has 0 bridgehead atoms. The first-order valence-electron chi connectivity index (χ1n) is 7.25. The summed E-state index contributed by atoms with van der Waals surface area (Å²) in [6.45, 7) is 5.15. The SMILES string of the molecule is CC1=CC(C)CC(C(O)c2cccc3c2OCC3)C1. The largest absolute Gasteiger partial charge is 0.493 e. The minimum absolute atomic E-state index is 0.315. The molecule has 0 saturated heterocycles. The fourth-order valence-electron chi connectivity index (χ4n) is 3.56. The summed E-state index contributed by atoms with van der Waals surface area (Å²) in [7, 11) is 0. The summed E-state index contributed by atoms with van der Waals surface area (Å²) in [6, 6.07) is 6.17. The number of hydrogen-bond donors (Lipinski definition) is 1. The second-order valence-corrected chi connectivity index (χ2v) is 6.07. The van der Waals surface area contributed by atoms with Crippen molar-refractivity contribution >= 4 is 0 Å². The zero-order valence-corrected chi connectivity index (χ0v) is 11.7. The Hall–Kier alpha value is -1.28. The van der Waals surface area contributed by atoms with E-state index >= 15 is 0 Å². The van der Waals surface area contributed by atoms with Crippen molar-refractivity contribution in [2.24, 2.45) is 11.8 Å². The summed E-state index contributed by atoms with van der Waals surface area (Å²) >= 11 is 0. The predicted octanol–water partition coefficient (Wildman–Crippen LogP) is 3.65. The quantitative estimate of drug-likeness (QED) is 0.821. The average molecular weight is 258 g/mol. The molecule has 3 rings (SSSR count). The van der Waals surface area contributed by atoms with Crippen molar-refractivity contribution in [2.45, 2.75) is 39.2 Å². The molecule has 1 heterocycles. The fraction of sp³-hybridized carbons (Fsp3) is 0.529. The first-order chi connectivity index (χ1) is 9.15. The van der Waals surface area contributed by atoms with E-state index in [0.717, 1.165) is 37.2 Å². The van der Waals surface area contributed by atoms with Crippen LogP contribution in [0.3, 0.4) is 0 Å². The van der Waals surface area contributed by atoms with Crippen molar-refractivity contribution in [3.8, 4) is 5.75 Å². The first kappa shape index (κ1) is 12.7. The molecule has 19 heavy (non-hydrogen) atoms. The van der Waals surface area contributed by atoms with Gasteiger partial charge in [0.2, 0.25) is 0 Å². The highest BCUT2D eigenvalue weighted by molar-refractivity contribution is 5.45. The Labute approximate surface area is 115 Å². The van der Waals surface area contributed by atoms with E-state index in [1.165, 1.54) is 11.1 Å². The van der Waals surface area contributed by atoms with Gasteiger partial charge in [0.25, 0.3) is 0 Å². The fourth-order valence-corrected chi connectivity index (χ4v) is 3.56. The molecule has 3 atom stereocenters. The smallest absolute Gasteiger partial charge is 0.128 e. The average Bonchev–Trinajstić information content (AvgIpc) is 2.84. The number of para-hydroxylation sites is 1. The Morgan fingerprint density at radius 1 is 1.37 bits per heavy atom. The Morgan fingerprint density at radius 3 is 3.00 bits per heavy atom. The standard InChI is InChI=1S/C17H22O2/c1-11-8-12(2)10-14(9-11)16(18)15-5-3-4-13-6-7-19-17(13)15/h3-5,8,11,14,16,18H,6-7,9-10H2,1-2H3. The highest BCUT2D eigenvalue weighted by Crippen LogP contribution is 2.41. The van der Waals surface area contributed by atoms with Crippen LogP contribution < -0.4 is 4.74 Å².